The maximum atomic E-state index is 14.8. The predicted molar refractivity (Wildman–Crippen MR) is 142 cm³/mol. The molecule has 0 amide bonds. The minimum atomic E-state index is -0.166. The molecule has 3 heterocycles. The summed E-state index contributed by atoms with van der Waals surface area (Å²) in [5, 5.41) is 8.39. The van der Waals surface area contributed by atoms with Crippen molar-refractivity contribution in [3.8, 4) is 28.1 Å². The normalized spacial score (nSPS) is 15.1. The molecule has 1 saturated heterocycles. The van der Waals surface area contributed by atoms with Gasteiger partial charge in [0.25, 0.3) is 0 Å². The number of piperazine rings is 1. The molecule has 0 bridgehead atoms. The highest BCUT2D eigenvalue weighted by Crippen LogP contribution is 2.34. The summed E-state index contributed by atoms with van der Waals surface area (Å²) < 4.78 is 20.4. The Balaban J connectivity index is 1.36. The quantitative estimate of drug-likeness (QED) is 0.403. The molecule has 1 fully saturated rings. The number of nitrogens with one attached hydrogen (secondary N) is 1. The molecule has 2 aromatic carbocycles. The Morgan fingerprint density at radius 2 is 1.78 bits per heavy atom. The second-order valence-corrected chi connectivity index (χ2v) is 9.62. The van der Waals surface area contributed by atoms with Crippen LogP contribution in [0.4, 0.5) is 4.39 Å². The average molecular weight is 489 g/mol. The summed E-state index contributed by atoms with van der Waals surface area (Å²) >= 11 is 0. The second kappa shape index (κ2) is 10.7. The topological polar surface area (TPSA) is 60.5 Å². The molecule has 0 aliphatic carbocycles. The number of likely N-dealkylation sites (N-methyl/N-ethyl adjacent to an activating group) is 1. The number of para-hydroxylation sites is 1. The number of hydrogen-bond acceptors (Lipinski definition) is 6. The first-order chi connectivity index (χ1) is 17.5. The summed E-state index contributed by atoms with van der Waals surface area (Å²) in [5.41, 5.74) is 4.99. The third-order valence-electron chi connectivity index (χ3n) is 6.89. The van der Waals surface area contributed by atoms with Gasteiger partial charge in [0.1, 0.15) is 11.6 Å². The number of hydrogen-bond donors (Lipinski definition) is 1. The van der Waals surface area contributed by atoms with Crippen molar-refractivity contribution < 1.29 is 9.13 Å². The Hall–Kier alpha value is -3.33. The number of fused-ring (bicyclic) bond motifs is 1. The molecular weight excluding hydrogens is 455 g/mol. The lowest BCUT2D eigenvalue weighted by molar-refractivity contribution is 0.119. The first kappa shape index (κ1) is 24.4. The Bertz CT molecular complexity index is 1330. The first-order valence-electron chi connectivity index (χ1n) is 12.4. The van der Waals surface area contributed by atoms with E-state index in [1.807, 2.05) is 36.4 Å². The summed E-state index contributed by atoms with van der Waals surface area (Å²) in [7, 11) is 5.86. The van der Waals surface area contributed by atoms with E-state index in [2.05, 4.69) is 50.0 Å². The lowest BCUT2D eigenvalue weighted by Gasteiger charge is -2.35. The van der Waals surface area contributed by atoms with Crippen molar-refractivity contribution in [1.82, 2.24) is 29.9 Å². The van der Waals surface area contributed by atoms with Gasteiger partial charge in [-0.1, -0.05) is 18.2 Å². The highest BCUT2D eigenvalue weighted by molar-refractivity contribution is 5.94. The molecule has 0 radical (unpaired) electrons. The Morgan fingerprint density at radius 3 is 2.56 bits per heavy atom. The molecule has 4 aromatic rings. The van der Waals surface area contributed by atoms with Crippen LogP contribution in [0.15, 0.2) is 54.7 Å². The summed E-state index contributed by atoms with van der Waals surface area (Å²) in [4.78, 5) is 11.6. The van der Waals surface area contributed by atoms with Gasteiger partial charge in [-0.3, -0.25) is 14.9 Å². The van der Waals surface area contributed by atoms with Crippen LogP contribution in [0.25, 0.3) is 33.4 Å². The number of benzene rings is 2. The summed E-state index contributed by atoms with van der Waals surface area (Å²) in [6, 6.07) is 15.2. The van der Waals surface area contributed by atoms with Crippen LogP contribution in [0.5, 0.6) is 5.75 Å². The van der Waals surface area contributed by atoms with Gasteiger partial charge in [0.2, 0.25) is 0 Å². The predicted octanol–water partition coefficient (Wildman–Crippen LogP) is 4.12. The van der Waals surface area contributed by atoms with Gasteiger partial charge in [-0.15, -0.1) is 0 Å². The Labute approximate surface area is 211 Å². The zero-order chi connectivity index (χ0) is 25.1. The molecule has 36 heavy (non-hydrogen) atoms. The number of halogens is 1. The third kappa shape index (κ3) is 5.26. The number of H-pyrrole nitrogens is 1. The molecule has 1 aliphatic rings. The summed E-state index contributed by atoms with van der Waals surface area (Å²) in [6.07, 6.45) is 1.80. The van der Waals surface area contributed by atoms with E-state index in [0.29, 0.717) is 17.8 Å². The molecule has 7 nitrogen and oxygen atoms in total. The fraction of sp³-hybridized carbons (Fsp3) is 0.357. The molecule has 1 N–H and O–H groups in total. The van der Waals surface area contributed by atoms with Crippen LogP contribution >= 0.6 is 0 Å². The van der Waals surface area contributed by atoms with Crippen molar-refractivity contribution in [3.05, 3.63) is 66.1 Å². The molecule has 0 spiro atoms. The van der Waals surface area contributed by atoms with Crippen LogP contribution < -0.4 is 4.74 Å². The van der Waals surface area contributed by atoms with Gasteiger partial charge >= 0.3 is 0 Å². The zero-order valence-electron chi connectivity index (χ0n) is 21.2. The monoisotopic (exact) mass is 488 g/mol. The Morgan fingerprint density at radius 1 is 1.00 bits per heavy atom. The van der Waals surface area contributed by atoms with Crippen LogP contribution in [0.3, 0.4) is 0 Å². The molecule has 0 saturated carbocycles. The third-order valence-corrected chi connectivity index (χ3v) is 6.89. The van der Waals surface area contributed by atoms with Crippen molar-refractivity contribution in [2.75, 3.05) is 60.5 Å². The minimum Gasteiger partial charge on any atom is -0.496 e. The van der Waals surface area contributed by atoms with Gasteiger partial charge in [-0.25, -0.2) is 9.37 Å². The van der Waals surface area contributed by atoms with Gasteiger partial charge < -0.3 is 9.64 Å². The summed E-state index contributed by atoms with van der Waals surface area (Å²) in [6.45, 7) is 6.66. The molecule has 1 aliphatic heterocycles. The fourth-order valence-electron chi connectivity index (χ4n) is 4.74. The van der Waals surface area contributed by atoms with Crippen molar-refractivity contribution >= 4 is 11.0 Å². The van der Waals surface area contributed by atoms with Gasteiger partial charge in [-0.2, -0.15) is 5.10 Å². The lowest BCUT2D eigenvalue weighted by Crippen LogP contribution is -2.47. The van der Waals surface area contributed by atoms with Crippen molar-refractivity contribution in [3.63, 3.8) is 0 Å². The van der Waals surface area contributed by atoms with E-state index >= 15 is 0 Å². The maximum Gasteiger partial charge on any atom is 0.181 e. The molecule has 0 unspecified atom stereocenters. The number of ether oxygens (including phenoxy) is 1. The number of aromatic amines is 1. The SMILES string of the molecule is COc1ccccc1-c1[nH]nc2ncc(-c3ccc(F)c(CN4CCN(CCN(C)C)CC4)c3)cc12. The molecular formula is C28H33FN6O. The van der Waals surface area contributed by atoms with E-state index in [9.17, 15) is 4.39 Å². The number of nitrogens with zero attached hydrogens (tertiary/aromatic N) is 5. The van der Waals surface area contributed by atoms with Crippen molar-refractivity contribution in [1.29, 1.82) is 0 Å². The number of rotatable bonds is 8. The molecule has 2 aromatic heterocycles. The van der Waals surface area contributed by atoms with E-state index in [-0.39, 0.29) is 5.82 Å². The van der Waals surface area contributed by atoms with Gasteiger partial charge in [0.05, 0.1) is 12.8 Å². The smallest absolute Gasteiger partial charge is 0.181 e. The van der Waals surface area contributed by atoms with Crippen LogP contribution in [0.2, 0.25) is 0 Å². The maximum absolute atomic E-state index is 14.8. The zero-order valence-corrected chi connectivity index (χ0v) is 21.2. The lowest BCUT2D eigenvalue weighted by atomic mass is 10.0. The van der Waals surface area contributed by atoms with E-state index in [1.54, 1.807) is 19.4 Å². The van der Waals surface area contributed by atoms with E-state index in [4.69, 9.17) is 4.74 Å². The van der Waals surface area contributed by atoms with Crippen LogP contribution in [0.1, 0.15) is 5.56 Å². The fourth-order valence-corrected chi connectivity index (χ4v) is 4.74. The number of aromatic nitrogens is 3. The summed E-state index contributed by atoms with van der Waals surface area (Å²) in [5.74, 6) is 0.597. The van der Waals surface area contributed by atoms with Crippen LogP contribution in [-0.4, -0.2) is 90.4 Å². The van der Waals surface area contributed by atoms with Crippen molar-refractivity contribution in [2.45, 2.75) is 6.54 Å². The average Bonchev–Trinajstić information content (AvgIpc) is 3.32. The van der Waals surface area contributed by atoms with Crippen LogP contribution in [-0.2, 0) is 6.54 Å². The second-order valence-electron chi connectivity index (χ2n) is 9.62. The van der Waals surface area contributed by atoms with Gasteiger partial charge in [0, 0.05) is 74.1 Å². The largest absolute Gasteiger partial charge is 0.496 e. The highest BCUT2D eigenvalue weighted by atomic mass is 19.1. The minimum absolute atomic E-state index is 0.166. The van der Waals surface area contributed by atoms with Crippen molar-refractivity contribution in [2.24, 2.45) is 0 Å². The molecule has 188 valence electrons. The standard InChI is InChI=1S/C28H33FN6O/c1-33(2)10-11-34-12-14-35(15-13-34)19-22-16-20(8-9-25(22)29)21-17-24-27(31-32-28(24)30-18-21)23-6-4-5-7-26(23)36-3/h4-9,16-18H,10-15,19H2,1-3H3,(H,30,31,32). The molecule has 5 rings (SSSR count). The van der Waals surface area contributed by atoms with Crippen LogP contribution in [0, 0.1) is 5.82 Å². The first-order valence-corrected chi connectivity index (χ1v) is 12.4. The number of pyridine rings is 1. The Kier molecular flexibility index (Phi) is 7.27. The van der Waals surface area contributed by atoms with E-state index in [0.717, 1.165) is 72.8 Å². The van der Waals surface area contributed by atoms with Gasteiger partial charge in [0.15, 0.2) is 5.65 Å². The van der Waals surface area contributed by atoms with E-state index in [1.165, 1.54) is 0 Å². The molecule has 8 heteroatoms. The van der Waals surface area contributed by atoms with Gasteiger partial charge in [-0.05, 0) is 50.0 Å². The molecule has 0 atom stereocenters. The number of methoxy groups -OCH3 is 1. The highest BCUT2D eigenvalue weighted by Gasteiger charge is 2.19. The van der Waals surface area contributed by atoms with E-state index < -0.39 is 0 Å².